The maximum Gasteiger partial charge on any atom is 0.205 e. The van der Waals surface area contributed by atoms with Gasteiger partial charge in [0.2, 0.25) is 4.77 Å². The largest absolute Gasteiger partial charge is 0.497 e. The van der Waals surface area contributed by atoms with Crippen molar-refractivity contribution >= 4 is 17.9 Å². The number of aromatic amines is 1. The maximum atomic E-state index is 5.43. The summed E-state index contributed by atoms with van der Waals surface area (Å²) in [4.78, 5) is 7.93. The van der Waals surface area contributed by atoms with Crippen molar-refractivity contribution < 1.29 is 4.74 Å². The molecule has 0 aliphatic rings. The topological polar surface area (TPSA) is 42.3 Å². The number of methoxy groups -OCH3 is 1. The molecule has 26 heavy (non-hydrogen) atoms. The third kappa shape index (κ3) is 2.91. The average Bonchev–Trinajstić information content (AvgIpc) is 3.07. The quantitative estimate of drug-likeness (QED) is 0.500. The highest BCUT2D eigenvalue weighted by molar-refractivity contribution is 7.71. The van der Waals surface area contributed by atoms with Gasteiger partial charge in [-0.05, 0) is 43.8 Å². The minimum absolute atomic E-state index is 0.526. The SMILES string of the molecule is COc1cccc(-c2cn3c(=S)ncc(-c4cc(C)cc(C)c4)c3[nH]2)c1. The van der Waals surface area contributed by atoms with Gasteiger partial charge in [0, 0.05) is 23.5 Å². The van der Waals surface area contributed by atoms with Gasteiger partial charge < -0.3 is 9.72 Å². The normalized spacial score (nSPS) is 11.0. The lowest BCUT2D eigenvalue weighted by Crippen LogP contribution is -1.93. The zero-order valence-corrected chi connectivity index (χ0v) is 15.7. The van der Waals surface area contributed by atoms with Gasteiger partial charge in [0.1, 0.15) is 11.4 Å². The Bertz CT molecular complexity index is 1150. The Morgan fingerprint density at radius 3 is 2.54 bits per heavy atom. The van der Waals surface area contributed by atoms with Crippen molar-refractivity contribution in [1.82, 2.24) is 14.4 Å². The molecule has 2 aromatic carbocycles. The van der Waals surface area contributed by atoms with Gasteiger partial charge in [0.15, 0.2) is 0 Å². The van der Waals surface area contributed by atoms with E-state index in [9.17, 15) is 0 Å². The van der Waals surface area contributed by atoms with Crippen LogP contribution in [0.5, 0.6) is 5.75 Å². The minimum Gasteiger partial charge on any atom is -0.497 e. The smallest absolute Gasteiger partial charge is 0.205 e. The molecule has 0 saturated heterocycles. The molecular formula is C21H19N3OS. The lowest BCUT2D eigenvalue weighted by Gasteiger charge is -2.07. The van der Waals surface area contributed by atoms with Gasteiger partial charge in [-0.1, -0.05) is 41.5 Å². The number of hydrogen-bond donors (Lipinski definition) is 1. The van der Waals surface area contributed by atoms with Gasteiger partial charge >= 0.3 is 0 Å². The summed E-state index contributed by atoms with van der Waals surface area (Å²) in [6, 6.07) is 14.4. The van der Waals surface area contributed by atoms with Crippen LogP contribution < -0.4 is 4.74 Å². The molecule has 0 saturated carbocycles. The molecular weight excluding hydrogens is 342 g/mol. The van der Waals surface area contributed by atoms with Crippen molar-refractivity contribution in [3.05, 3.63) is 70.8 Å². The Labute approximate surface area is 157 Å². The van der Waals surface area contributed by atoms with Crippen LogP contribution in [0.1, 0.15) is 11.1 Å². The Hall–Kier alpha value is -2.92. The molecule has 1 N–H and O–H groups in total. The van der Waals surface area contributed by atoms with Crippen LogP contribution in [0.25, 0.3) is 28.0 Å². The minimum atomic E-state index is 0.526. The van der Waals surface area contributed by atoms with E-state index in [1.165, 1.54) is 11.1 Å². The number of ether oxygens (including phenoxy) is 1. The summed E-state index contributed by atoms with van der Waals surface area (Å²) in [6.07, 6.45) is 3.84. The predicted molar refractivity (Wildman–Crippen MR) is 107 cm³/mol. The lowest BCUT2D eigenvalue weighted by atomic mass is 10.0. The second kappa shape index (κ2) is 6.42. The van der Waals surface area contributed by atoms with Crippen molar-refractivity contribution in [3.8, 4) is 28.1 Å². The van der Waals surface area contributed by atoms with Gasteiger partial charge in [0.05, 0.1) is 12.8 Å². The van der Waals surface area contributed by atoms with Crippen molar-refractivity contribution in [1.29, 1.82) is 0 Å². The van der Waals surface area contributed by atoms with Gasteiger partial charge in [-0.3, -0.25) is 4.40 Å². The lowest BCUT2D eigenvalue weighted by molar-refractivity contribution is 0.415. The fourth-order valence-electron chi connectivity index (χ4n) is 3.28. The van der Waals surface area contributed by atoms with E-state index in [4.69, 9.17) is 17.0 Å². The number of rotatable bonds is 3. The predicted octanol–water partition coefficient (Wildman–Crippen LogP) is 5.35. The Balaban J connectivity index is 1.95. The molecule has 4 rings (SSSR count). The first-order valence-electron chi connectivity index (χ1n) is 8.38. The first-order chi connectivity index (χ1) is 12.5. The second-order valence-corrected chi connectivity index (χ2v) is 6.81. The molecule has 0 unspecified atom stereocenters. The van der Waals surface area contributed by atoms with E-state index in [-0.39, 0.29) is 0 Å². The van der Waals surface area contributed by atoms with Crippen LogP contribution in [-0.2, 0) is 0 Å². The third-order valence-electron chi connectivity index (χ3n) is 4.43. The number of fused-ring (bicyclic) bond motifs is 1. The third-order valence-corrected chi connectivity index (χ3v) is 4.73. The molecule has 4 nitrogen and oxygen atoms in total. The van der Waals surface area contributed by atoms with Crippen molar-refractivity contribution in [3.63, 3.8) is 0 Å². The zero-order valence-electron chi connectivity index (χ0n) is 14.9. The fraction of sp³-hybridized carbons (Fsp3) is 0.143. The number of hydrogen-bond acceptors (Lipinski definition) is 3. The highest BCUT2D eigenvalue weighted by Gasteiger charge is 2.11. The Morgan fingerprint density at radius 1 is 1.04 bits per heavy atom. The molecule has 0 amide bonds. The Morgan fingerprint density at radius 2 is 1.81 bits per heavy atom. The molecule has 5 heteroatoms. The van der Waals surface area contributed by atoms with E-state index < -0.39 is 0 Å². The zero-order chi connectivity index (χ0) is 18.3. The number of H-pyrrole nitrogens is 1. The molecule has 2 aromatic heterocycles. The van der Waals surface area contributed by atoms with E-state index in [1.807, 2.05) is 41.1 Å². The number of nitrogens with zero attached hydrogens (tertiary/aromatic N) is 2. The summed E-state index contributed by atoms with van der Waals surface area (Å²) in [5.74, 6) is 0.817. The van der Waals surface area contributed by atoms with Crippen LogP contribution in [0, 0.1) is 18.6 Å². The maximum absolute atomic E-state index is 5.43. The standard InChI is InChI=1S/C21H19N3OS/c1-13-7-14(2)9-16(8-13)18-11-22-21(26)24-12-19(23-20(18)24)15-5-4-6-17(10-15)25-3/h4-12,23H,1-3H3. The van der Waals surface area contributed by atoms with Gasteiger partial charge in [-0.15, -0.1) is 0 Å². The first-order valence-corrected chi connectivity index (χ1v) is 8.79. The van der Waals surface area contributed by atoms with Crippen LogP contribution >= 0.6 is 12.2 Å². The monoisotopic (exact) mass is 361 g/mol. The molecule has 0 fully saturated rings. The summed E-state index contributed by atoms with van der Waals surface area (Å²) in [5, 5.41) is 0. The molecule has 0 aliphatic heterocycles. The van der Waals surface area contributed by atoms with Gasteiger partial charge in [0.25, 0.3) is 0 Å². The van der Waals surface area contributed by atoms with Crippen LogP contribution in [-0.4, -0.2) is 21.5 Å². The summed E-state index contributed by atoms with van der Waals surface area (Å²) in [6.45, 7) is 4.21. The first kappa shape index (κ1) is 16.5. The van der Waals surface area contributed by atoms with E-state index in [2.05, 4.69) is 42.0 Å². The van der Waals surface area contributed by atoms with Crippen molar-refractivity contribution in [2.24, 2.45) is 0 Å². The molecule has 0 radical (unpaired) electrons. The summed E-state index contributed by atoms with van der Waals surface area (Å²) >= 11 is 5.43. The molecule has 2 heterocycles. The summed E-state index contributed by atoms with van der Waals surface area (Å²) in [7, 11) is 1.67. The highest BCUT2D eigenvalue weighted by Crippen LogP contribution is 2.29. The molecule has 4 aromatic rings. The fourth-order valence-corrected chi connectivity index (χ4v) is 3.48. The van der Waals surface area contributed by atoms with E-state index in [0.29, 0.717) is 4.77 Å². The number of aromatic nitrogens is 3. The summed E-state index contributed by atoms with van der Waals surface area (Å²) in [5.41, 5.74) is 7.54. The van der Waals surface area contributed by atoms with Gasteiger partial charge in [-0.25, -0.2) is 4.98 Å². The van der Waals surface area contributed by atoms with Crippen molar-refractivity contribution in [2.75, 3.05) is 7.11 Å². The Kier molecular flexibility index (Phi) is 4.09. The summed E-state index contributed by atoms with van der Waals surface area (Å²) < 4.78 is 7.79. The molecule has 0 atom stereocenters. The molecule has 130 valence electrons. The molecule has 0 aliphatic carbocycles. The van der Waals surface area contributed by atoms with E-state index >= 15 is 0 Å². The second-order valence-electron chi connectivity index (χ2n) is 6.45. The van der Waals surface area contributed by atoms with Gasteiger partial charge in [-0.2, -0.15) is 0 Å². The van der Waals surface area contributed by atoms with Crippen molar-refractivity contribution in [2.45, 2.75) is 13.8 Å². The number of nitrogens with one attached hydrogen (secondary N) is 1. The van der Waals surface area contributed by atoms with Crippen LogP contribution in [0.2, 0.25) is 0 Å². The molecule has 0 bridgehead atoms. The van der Waals surface area contributed by atoms with E-state index in [0.717, 1.165) is 33.8 Å². The van der Waals surface area contributed by atoms with E-state index in [1.54, 1.807) is 7.11 Å². The number of benzene rings is 2. The van der Waals surface area contributed by atoms with Crippen LogP contribution in [0.15, 0.2) is 54.9 Å². The van der Waals surface area contributed by atoms with Crippen LogP contribution in [0.3, 0.4) is 0 Å². The number of aryl methyl sites for hydroxylation is 2. The molecule has 0 spiro atoms. The number of imidazole rings is 1. The average molecular weight is 361 g/mol. The highest BCUT2D eigenvalue weighted by atomic mass is 32.1. The van der Waals surface area contributed by atoms with Crippen LogP contribution in [0.4, 0.5) is 0 Å².